The molecule has 1 aliphatic heterocycles. The Morgan fingerprint density at radius 1 is 1.28 bits per heavy atom. The smallest absolute Gasteiger partial charge is 0.211 e. The summed E-state index contributed by atoms with van der Waals surface area (Å²) in [5.41, 5.74) is 0. The highest BCUT2D eigenvalue weighted by atomic mass is 32.2. The van der Waals surface area contributed by atoms with Crippen LogP contribution >= 0.6 is 0 Å². The average molecular weight is 278 g/mol. The van der Waals surface area contributed by atoms with E-state index in [1.54, 1.807) is 0 Å². The number of nitrogens with one attached hydrogen (secondary N) is 2. The van der Waals surface area contributed by atoms with Crippen LogP contribution in [0.25, 0.3) is 0 Å². The molecule has 1 heterocycles. The van der Waals surface area contributed by atoms with Crippen LogP contribution < -0.4 is 10.0 Å². The fourth-order valence-corrected chi connectivity index (χ4v) is 3.20. The van der Waals surface area contributed by atoms with E-state index in [-0.39, 0.29) is 11.9 Å². The third-order valence-corrected chi connectivity index (χ3v) is 4.55. The maximum Gasteiger partial charge on any atom is 0.211 e. The van der Waals surface area contributed by atoms with Crippen molar-refractivity contribution in [1.82, 2.24) is 10.0 Å². The number of hydrogen-bond donors (Lipinski definition) is 2. The minimum Gasteiger partial charge on any atom is -0.378 e. The van der Waals surface area contributed by atoms with Crippen molar-refractivity contribution < 1.29 is 13.2 Å². The molecule has 2 N–H and O–H groups in total. The summed E-state index contributed by atoms with van der Waals surface area (Å²) in [5, 5.41) is 3.18. The Bertz CT molecular complexity index is 300. The fourth-order valence-electron chi connectivity index (χ4n) is 2.04. The molecule has 0 saturated carbocycles. The maximum atomic E-state index is 11.7. The Labute approximate surface area is 111 Å². The van der Waals surface area contributed by atoms with E-state index in [1.807, 2.05) is 6.92 Å². The van der Waals surface area contributed by atoms with Crippen molar-refractivity contribution in [2.24, 2.45) is 0 Å². The van der Waals surface area contributed by atoms with Gasteiger partial charge in [0.1, 0.15) is 0 Å². The van der Waals surface area contributed by atoms with Gasteiger partial charge < -0.3 is 10.1 Å². The Morgan fingerprint density at radius 3 is 2.78 bits per heavy atom. The lowest BCUT2D eigenvalue weighted by atomic mass is 10.2. The highest BCUT2D eigenvalue weighted by molar-refractivity contribution is 7.89. The SMILES string of the molecule is CCNCCCCS(=O)(=O)NCCC1CCCO1. The monoisotopic (exact) mass is 278 g/mol. The molecule has 0 bridgehead atoms. The van der Waals surface area contributed by atoms with E-state index in [4.69, 9.17) is 4.74 Å². The summed E-state index contributed by atoms with van der Waals surface area (Å²) in [6, 6.07) is 0. The van der Waals surface area contributed by atoms with Crippen LogP contribution in [0.5, 0.6) is 0 Å². The van der Waals surface area contributed by atoms with E-state index < -0.39 is 10.0 Å². The molecule has 1 rings (SSSR count). The van der Waals surface area contributed by atoms with Crippen molar-refractivity contribution in [3.8, 4) is 0 Å². The minimum absolute atomic E-state index is 0.226. The molecule has 18 heavy (non-hydrogen) atoms. The third kappa shape index (κ3) is 7.31. The molecule has 0 amide bonds. The van der Waals surface area contributed by atoms with Gasteiger partial charge >= 0.3 is 0 Å². The molecule has 1 aliphatic rings. The van der Waals surface area contributed by atoms with Crippen molar-refractivity contribution in [1.29, 1.82) is 0 Å². The van der Waals surface area contributed by atoms with Gasteiger partial charge in [-0.15, -0.1) is 0 Å². The average Bonchev–Trinajstić information content (AvgIpc) is 2.81. The number of hydrogen-bond acceptors (Lipinski definition) is 4. The number of sulfonamides is 1. The molecule has 1 saturated heterocycles. The highest BCUT2D eigenvalue weighted by Gasteiger charge is 2.16. The maximum absolute atomic E-state index is 11.7. The first-order valence-electron chi connectivity index (χ1n) is 6.93. The predicted octanol–water partition coefficient (Wildman–Crippen LogP) is 0.865. The summed E-state index contributed by atoms with van der Waals surface area (Å²) in [4.78, 5) is 0. The van der Waals surface area contributed by atoms with Gasteiger partial charge in [0.2, 0.25) is 10.0 Å². The molecule has 0 spiro atoms. The molecule has 0 aromatic rings. The van der Waals surface area contributed by atoms with Gasteiger partial charge in [-0.25, -0.2) is 13.1 Å². The number of rotatable bonds is 10. The molecule has 6 heteroatoms. The largest absolute Gasteiger partial charge is 0.378 e. The molecule has 1 fully saturated rings. The second kappa shape index (κ2) is 8.85. The zero-order valence-electron chi connectivity index (χ0n) is 11.3. The van der Waals surface area contributed by atoms with Gasteiger partial charge in [0.25, 0.3) is 0 Å². The van der Waals surface area contributed by atoms with Crippen LogP contribution in [-0.4, -0.2) is 46.5 Å². The molecule has 108 valence electrons. The minimum atomic E-state index is -3.09. The first-order chi connectivity index (χ1) is 8.64. The second-order valence-electron chi connectivity index (χ2n) is 4.70. The van der Waals surface area contributed by atoms with Crippen LogP contribution in [0.3, 0.4) is 0 Å². The Balaban J connectivity index is 2.03. The molecule has 0 aromatic carbocycles. The quantitative estimate of drug-likeness (QED) is 0.582. The summed E-state index contributed by atoms with van der Waals surface area (Å²) < 4.78 is 31.4. The molecule has 0 radical (unpaired) electrons. The summed E-state index contributed by atoms with van der Waals surface area (Å²) >= 11 is 0. The Kier molecular flexibility index (Phi) is 7.81. The molecule has 0 aliphatic carbocycles. The summed E-state index contributed by atoms with van der Waals surface area (Å²) in [6.45, 7) is 5.19. The van der Waals surface area contributed by atoms with Crippen LogP contribution in [0.1, 0.15) is 39.0 Å². The van der Waals surface area contributed by atoms with Crippen molar-refractivity contribution in [3.05, 3.63) is 0 Å². The number of ether oxygens (including phenoxy) is 1. The third-order valence-electron chi connectivity index (χ3n) is 3.08. The summed E-state index contributed by atoms with van der Waals surface area (Å²) in [7, 11) is -3.09. The van der Waals surface area contributed by atoms with E-state index in [0.29, 0.717) is 13.0 Å². The normalized spacial score (nSPS) is 20.4. The van der Waals surface area contributed by atoms with Crippen LogP contribution in [0, 0.1) is 0 Å². The van der Waals surface area contributed by atoms with Crippen LogP contribution in [-0.2, 0) is 14.8 Å². The molecule has 1 atom stereocenters. The van der Waals surface area contributed by atoms with Gasteiger partial charge in [0, 0.05) is 13.2 Å². The van der Waals surface area contributed by atoms with E-state index in [0.717, 1.165) is 45.4 Å². The van der Waals surface area contributed by atoms with E-state index in [2.05, 4.69) is 10.0 Å². The molecule has 0 aromatic heterocycles. The molecule has 5 nitrogen and oxygen atoms in total. The Hall–Kier alpha value is -0.170. The lowest BCUT2D eigenvalue weighted by molar-refractivity contribution is 0.105. The van der Waals surface area contributed by atoms with Gasteiger partial charge in [-0.1, -0.05) is 6.92 Å². The zero-order chi connectivity index (χ0) is 13.3. The highest BCUT2D eigenvalue weighted by Crippen LogP contribution is 2.14. The lowest BCUT2D eigenvalue weighted by Crippen LogP contribution is -2.29. The standard InChI is InChI=1S/C12H26N2O3S/c1-2-13-8-3-4-11-18(15,16)14-9-7-12-6-5-10-17-12/h12-14H,2-11H2,1H3. The topological polar surface area (TPSA) is 67.4 Å². The van der Waals surface area contributed by atoms with Crippen LogP contribution in [0.2, 0.25) is 0 Å². The first-order valence-corrected chi connectivity index (χ1v) is 8.59. The van der Waals surface area contributed by atoms with Crippen molar-refractivity contribution in [2.75, 3.05) is 32.0 Å². The molecular formula is C12H26N2O3S. The Morgan fingerprint density at radius 2 is 2.11 bits per heavy atom. The van der Waals surface area contributed by atoms with E-state index in [9.17, 15) is 8.42 Å². The van der Waals surface area contributed by atoms with Crippen LogP contribution in [0.15, 0.2) is 0 Å². The van der Waals surface area contributed by atoms with E-state index in [1.165, 1.54) is 0 Å². The summed E-state index contributed by atoms with van der Waals surface area (Å²) in [5.74, 6) is 0.226. The van der Waals surface area contributed by atoms with Gasteiger partial charge in [0.05, 0.1) is 11.9 Å². The molecular weight excluding hydrogens is 252 g/mol. The van der Waals surface area contributed by atoms with Gasteiger partial charge in [0.15, 0.2) is 0 Å². The zero-order valence-corrected chi connectivity index (χ0v) is 12.1. The van der Waals surface area contributed by atoms with Crippen molar-refractivity contribution in [3.63, 3.8) is 0 Å². The van der Waals surface area contributed by atoms with Gasteiger partial charge in [-0.3, -0.25) is 0 Å². The molecule has 1 unspecified atom stereocenters. The fraction of sp³-hybridized carbons (Fsp3) is 1.00. The summed E-state index contributed by atoms with van der Waals surface area (Å²) in [6.07, 6.45) is 4.81. The van der Waals surface area contributed by atoms with Gasteiger partial charge in [-0.2, -0.15) is 0 Å². The van der Waals surface area contributed by atoms with E-state index >= 15 is 0 Å². The van der Waals surface area contributed by atoms with Gasteiger partial charge in [-0.05, 0) is 45.2 Å². The second-order valence-corrected chi connectivity index (χ2v) is 6.62. The predicted molar refractivity (Wildman–Crippen MR) is 73.2 cm³/mol. The van der Waals surface area contributed by atoms with Crippen LogP contribution in [0.4, 0.5) is 0 Å². The number of unbranched alkanes of at least 4 members (excludes halogenated alkanes) is 1. The van der Waals surface area contributed by atoms with Crippen molar-refractivity contribution >= 4 is 10.0 Å². The first kappa shape index (κ1) is 15.9. The van der Waals surface area contributed by atoms with Crippen molar-refractivity contribution in [2.45, 2.75) is 45.1 Å². The lowest BCUT2D eigenvalue weighted by Gasteiger charge is -2.10.